The van der Waals surface area contributed by atoms with Crippen molar-refractivity contribution in [3.05, 3.63) is 52.3 Å². The van der Waals surface area contributed by atoms with Crippen LogP contribution in [0.4, 0.5) is 17.5 Å². The summed E-state index contributed by atoms with van der Waals surface area (Å²) in [6, 6.07) is 9.58. The number of anilines is 2. The molecule has 0 bridgehead atoms. The van der Waals surface area contributed by atoms with Crippen LogP contribution in [0.2, 0.25) is 0 Å². The minimum atomic E-state index is -0.494. The first kappa shape index (κ1) is 22.5. The summed E-state index contributed by atoms with van der Waals surface area (Å²) in [5, 5.41) is 18.4. The van der Waals surface area contributed by atoms with E-state index in [4.69, 9.17) is 9.97 Å². The quantitative estimate of drug-likeness (QED) is 0.418. The van der Waals surface area contributed by atoms with Gasteiger partial charge in [-0.25, -0.2) is 4.98 Å². The highest BCUT2D eigenvalue weighted by atomic mass is 16.6. The Bertz CT molecular complexity index is 1170. The van der Waals surface area contributed by atoms with Crippen molar-refractivity contribution in [2.45, 2.75) is 31.7 Å². The molecule has 174 valence electrons. The van der Waals surface area contributed by atoms with Gasteiger partial charge in [-0.3, -0.25) is 14.9 Å². The first-order chi connectivity index (χ1) is 15.8. The van der Waals surface area contributed by atoms with Crippen LogP contribution in [0.1, 0.15) is 36.2 Å². The van der Waals surface area contributed by atoms with Crippen LogP contribution in [0.15, 0.2) is 36.5 Å². The summed E-state index contributed by atoms with van der Waals surface area (Å²) in [5.74, 6) is 1.61. The average Bonchev–Trinajstić information content (AvgIpc) is 3.20. The van der Waals surface area contributed by atoms with Gasteiger partial charge < -0.3 is 20.1 Å². The standard InChI is InChI=1S/C23H29N7O3/c1-28(2)21-18-6-4-5-7-19(18)26-23(27-21)25-16-10-8-15(9-11-16)13-24-22(31)20-12-17(30(32)33)14-29(20)3/h4-7,12,14-16H,8-11,13H2,1-3H3,(H,24,31)(H,25,26,27)/t15-,16+. The zero-order valence-electron chi connectivity index (χ0n) is 19.1. The molecule has 0 atom stereocenters. The first-order valence-corrected chi connectivity index (χ1v) is 11.1. The van der Waals surface area contributed by atoms with Gasteiger partial charge in [0.25, 0.3) is 11.6 Å². The fourth-order valence-corrected chi connectivity index (χ4v) is 4.36. The zero-order chi connectivity index (χ0) is 23.5. The highest BCUT2D eigenvalue weighted by Crippen LogP contribution is 2.28. The number of rotatable bonds is 7. The van der Waals surface area contributed by atoms with Crippen molar-refractivity contribution in [3.8, 4) is 0 Å². The Morgan fingerprint density at radius 1 is 1.21 bits per heavy atom. The van der Waals surface area contributed by atoms with Crippen LogP contribution in [0.5, 0.6) is 0 Å². The molecule has 0 saturated heterocycles. The van der Waals surface area contributed by atoms with Gasteiger partial charge in [-0.05, 0) is 43.7 Å². The van der Waals surface area contributed by atoms with Gasteiger partial charge in [0.2, 0.25) is 5.95 Å². The minimum absolute atomic E-state index is 0.0810. The Balaban J connectivity index is 1.31. The molecule has 1 saturated carbocycles. The van der Waals surface area contributed by atoms with Gasteiger partial charge in [0.05, 0.1) is 16.6 Å². The second-order valence-electron chi connectivity index (χ2n) is 8.81. The van der Waals surface area contributed by atoms with Gasteiger partial charge in [-0.1, -0.05) is 12.1 Å². The Morgan fingerprint density at radius 3 is 2.61 bits per heavy atom. The fourth-order valence-electron chi connectivity index (χ4n) is 4.36. The number of nitrogens with zero attached hydrogens (tertiary/aromatic N) is 5. The van der Waals surface area contributed by atoms with Crippen molar-refractivity contribution >= 4 is 34.3 Å². The van der Waals surface area contributed by atoms with E-state index in [-0.39, 0.29) is 17.6 Å². The number of amides is 1. The molecule has 3 aromatic rings. The lowest BCUT2D eigenvalue weighted by Crippen LogP contribution is -2.34. The maximum Gasteiger partial charge on any atom is 0.287 e. The number of carbonyl (C=O) groups excluding carboxylic acids is 1. The second kappa shape index (κ2) is 9.43. The van der Waals surface area contributed by atoms with Crippen LogP contribution < -0.4 is 15.5 Å². The fraction of sp³-hybridized carbons (Fsp3) is 0.435. The maximum absolute atomic E-state index is 12.5. The number of carbonyl (C=O) groups is 1. The van der Waals surface area contributed by atoms with Crippen LogP contribution in [0, 0.1) is 16.0 Å². The van der Waals surface area contributed by atoms with E-state index < -0.39 is 4.92 Å². The molecular weight excluding hydrogens is 422 g/mol. The lowest BCUT2D eigenvalue weighted by molar-refractivity contribution is -0.384. The molecule has 1 aliphatic rings. The average molecular weight is 452 g/mol. The molecule has 2 heterocycles. The molecule has 2 aromatic heterocycles. The summed E-state index contributed by atoms with van der Waals surface area (Å²) in [6.45, 7) is 0.557. The molecule has 10 nitrogen and oxygen atoms in total. The maximum atomic E-state index is 12.5. The van der Waals surface area contributed by atoms with Gasteiger partial charge >= 0.3 is 0 Å². The summed E-state index contributed by atoms with van der Waals surface area (Å²) < 4.78 is 1.49. The normalized spacial score (nSPS) is 18.2. The highest BCUT2D eigenvalue weighted by Gasteiger charge is 2.24. The molecule has 33 heavy (non-hydrogen) atoms. The number of nitro groups is 1. The molecule has 0 unspecified atom stereocenters. The van der Waals surface area contributed by atoms with E-state index in [0.29, 0.717) is 24.1 Å². The number of benzene rings is 1. The van der Waals surface area contributed by atoms with Crippen LogP contribution in [-0.2, 0) is 7.05 Å². The van der Waals surface area contributed by atoms with Crippen LogP contribution in [0.3, 0.4) is 0 Å². The smallest absolute Gasteiger partial charge is 0.287 e. The molecule has 0 radical (unpaired) electrons. The Hall–Kier alpha value is -3.69. The minimum Gasteiger partial charge on any atom is -0.362 e. The van der Waals surface area contributed by atoms with E-state index in [9.17, 15) is 14.9 Å². The van der Waals surface area contributed by atoms with E-state index in [1.54, 1.807) is 7.05 Å². The largest absolute Gasteiger partial charge is 0.362 e. The molecule has 10 heteroatoms. The van der Waals surface area contributed by atoms with Crippen molar-refractivity contribution < 1.29 is 9.72 Å². The van der Waals surface area contributed by atoms with Crippen molar-refractivity contribution in [2.24, 2.45) is 13.0 Å². The van der Waals surface area contributed by atoms with Crippen molar-refractivity contribution in [2.75, 3.05) is 30.9 Å². The van der Waals surface area contributed by atoms with Crippen LogP contribution in [0.25, 0.3) is 10.9 Å². The first-order valence-electron chi connectivity index (χ1n) is 11.1. The Morgan fingerprint density at radius 2 is 1.94 bits per heavy atom. The number of nitrogens with one attached hydrogen (secondary N) is 2. The summed E-state index contributed by atoms with van der Waals surface area (Å²) >= 11 is 0. The summed E-state index contributed by atoms with van der Waals surface area (Å²) in [6.07, 6.45) is 5.22. The Kier molecular flexibility index (Phi) is 6.43. The SMILES string of the molecule is CN(C)c1nc(N[C@H]2CC[C@@H](CNC(=O)c3cc([N+](=O)[O-])cn3C)CC2)nc2ccccc12. The monoisotopic (exact) mass is 451 g/mol. The zero-order valence-corrected chi connectivity index (χ0v) is 19.1. The van der Waals surface area contributed by atoms with E-state index in [0.717, 1.165) is 42.4 Å². The Labute approximate surface area is 192 Å². The molecule has 2 N–H and O–H groups in total. The third-order valence-electron chi connectivity index (χ3n) is 6.17. The number of aromatic nitrogens is 3. The second-order valence-corrected chi connectivity index (χ2v) is 8.81. The van der Waals surface area contributed by atoms with E-state index in [1.165, 1.54) is 16.8 Å². The van der Waals surface area contributed by atoms with E-state index >= 15 is 0 Å². The van der Waals surface area contributed by atoms with Gasteiger partial charge in [0.1, 0.15) is 11.5 Å². The molecular formula is C23H29N7O3. The van der Waals surface area contributed by atoms with E-state index in [1.807, 2.05) is 43.3 Å². The van der Waals surface area contributed by atoms with Gasteiger partial charge in [-0.15, -0.1) is 0 Å². The molecule has 1 amide bonds. The van der Waals surface area contributed by atoms with Crippen molar-refractivity contribution in [1.82, 2.24) is 19.9 Å². The number of hydrogen-bond donors (Lipinski definition) is 2. The van der Waals surface area contributed by atoms with Crippen LogP contribution >= 0.6 is 0 Å². The van der Waals surface area contributed by atoms with E-state index in [2.05, 4.69) is 10.6 Å². The van der Waals surface area contributed by atoms with Gasteiger partial charge in [0.15, 0.2) is 0 Å². The summed E-state index contributed by atoms with van der Waals surface area (Å²) in [7, 11) is 5.59. The molecule has 4 rings (SSSR count). The molecule has 1 aromatic carbocycles. The van der Waals surface area contributed by atoms with Gasteiger partial charge in [0, 0.05) is 45.2 Å². The lowest BCUT2D eigenvalue weighted by Gasteiger charge is -2.29. The lowest BCUT2D eigenvalue weighted by atomic mass is 9.86. The molecule has 0 spiro atoms. The van der Waals surface area contributed by atoms with Crippen molar-refractivity contribution in [1.29, 1.82) is 0 Å². The van der Waals surface area contributed by atoms with Gasteiger partial charge in [-0.2, -0.15) is 4.98 Å². The predicted molar refractivity (Wildman–Crippen MR) is 128 cm³/mol. The predicted octanol–water partition coefficient (Wildman–Crippen LogP) is 3.34. The molecule has 0 aliphatic heterocycles. The third-order valence-corrected chi connectivity index (χ3v) is 6.17. The third kappa shape index (κ3) is 5.05. The number of aryl methyl sites for hydroxylation is 1. The summed E-state index contributed by atoms with van der Waals surface area (Å²) in [4.78, 5) is 34.3. The molecule has 1 aliphatic carbocycles. The van der Waals surface area contributed by atoms with Crippen molar-refractivity contribution in [3.63, 3.8) is 0 Å². The number of hydrogen-bond acceptors (Lipinski definition) is 7. The molecule has 1 fully saturated rings. The number of fused-ring (bicyclic) bond motifs is 1. The number of para-hydroxylation sites is 1. The topological polar surface area (TPSA) is 118 Å². The highest BCUT2D eigenvalue weighted by molar-refractivity contribution is 5.93. The summed E-state index contributed by atoms with van der Waals surface area (Å²) in [5.41, 5.74) is 1.13. The van der Waals surface area contributed by atoms with Crippen LogP contribution in [-0.4, -0.2) is 52.0 Å².